The SMILES string of the molecule is CN1CCC(c2cc(Cl)ccc2O)C1c1ccccc1Cl. The Kier molecular flexibility index (Phi) is 4.12. The van der Waals surface area contributed by atoms with E-state index in [1.54, 1.807) is 12.1 Å². The maximum absolute atomic E-state index is 10.2. The number of nitrogens with zero attached hydrogens (tertiary/aromatic N) is 1. The predicted molar refractivity (Wildman–Crippen MR) is 87.3 cm³/mol. The summed E-state index contributed by atoms with van der Waals surface area (Å²) in [5, 5.41) is 11.6. The molecule has 4 heteroatoms. The molecule has 0 radical (unpaired) electrons. The van der Waals surface area contributed by atoms with Gasteiger partial charge in [-0.1, -0.05) is 41.4 Å². The monoisotopic (exact) mass is 321 g/mol. The maximum atomic E-state index is 10.2. The van der Waals surface area contributed by atoms with E-state index in [1.807, 2.05) is 24.3 Å². The molecule has 1 saturated heterocycles. The lowest BCUT2D eigenvalue weighted by atomic mass is 9.87. The predicted octanol–water partition coefficient (Wildman–Crippen LogP) is 4.86. The molecule has 0 amide bonds. The zero-order valence-electron chi connectivity index (χ0n) is 11.8. The third kappa shape index (κ3) is 2.76. The molecule has 2 aromatic rings. The van der Waals surface area contributed by atoms with Crippen molar-refractivity contribution in [2.24, 2.45) is 0 Å². The molecule has 1 aliphatic rings. The van der Waals surface area contributed by atoms with Crippen LogP contribution in [0.5, 0.6) is 5.75 Å². The highest BCUT2D eigenvalue weighted by Gasteiger charge is 2.36. The summed E-state index contributed by atoms with van der Waals surface area (Å²) in [6.07, 6.45) is 0.973. The first-order valence-electron chi connectivity index (χ1n) is 7.01. The fraction of sp³-hybridized carbons (Fsp3) is 0.294. The maximum Gasteiger partial charge on any atom is 0.119 e. The number of halogens is 2. The molecule has 2 aromatic carbocycles. The van der Waals surface area contributed by atoms with Gasteiger partial charge in [0.15, 0.2) is 0 Å². The molecule has 1 fully saturated rings. The molecule has 0 bridgehead atoms. The molecule has 0 aliphatic carbocycles. The van der Waals surface area contributed by atoms with Gasteiger partial charge >= 0.3 is 0 Å². The highest BCUT2D eigenvalue weighted by atomic mass is 35.5. The largest absolute Gasteiger partial charge is 0.508 e. The minimum atomic E-state index is 0.156. The van der Waals surface area contributed by atoms with Gasteiger partial charge in [0, 0.05) is 27.6 Å². The second-order valence-electron chi connectivity index (χ2n) is 5.55. The van der Waals surface area contributed by atoms with Crippen LogP contribution in [0.4, 0.5) is 0 Å². The van der Waals surface area contributed by atoms with E-state index in [4.69, 9.17) is 23.2 Å². The van der Waals surface area contributed by atoms with Gasteiger partial charge in [-0.25, -0.2) is 0 Å². The average Bonchev–Trinajstić information content (AvgIpc) is 2.84. The van der Waals surface area contributed by atoms with Crippen LogP contribution in [0.15, 0.2) is 42.5 Å². The van der Waals surface area contributed by atoms with Crippen LogP contribution in [0.1, 0.15) is 29.5 Å². The summed E-state index contributed by atoms with van der Waals surface area (Å²) in [6.45, 7) is 0.965. The van der Waals surface area contributed by atoms with E-state index < -0.39 is 0 Å². The number of benzene rings is 2. The smallest absolute Gasteiger partial charge is 0.119 e. The van der Waals surface area contributed by atoms with Crippen LogP contribution in [0.2, 0.25) is 10.0 Å². The van der Waals surface area contributed by atoms with Gasteiger partial charge in [-0.3, -0.25) is 4.90 Å². The lowest BCUT2D eigenvalue weighted by Gasteiger charge is -2.27. The van der Waals surface area contributed by atoms with Gasteiger partial charge in [0.1, 0.15) is 5.75 Å². The Morgan fingerprint density at radius 3 is 2.62 bits per heavy atom. The summed E-state index contributed by atoms with van der Waals surface area (Å²) >= 11 is 12.5. The first-order valence-corrected chi connectivity index (χ1v) is 7.76. The molecule has 0 aromatic heterocycles. The molecule has 2 nitrogen and oxygen atoms in total. The molecule has 0 spiro atoms. The van der Waals surface area contributed by atoms with Crippen molar-refractivity contribution in [2.45, 2.75) is 18.4 Å². The van der Waals surface area contributed by atoms with E-state index in [2.05, 4.69) is 18.0 Å². The van der Waals surface area contributed by atoms with Gasteiger partial charge in [-0.05, 0) is 49.8 Å². The third-order valence-electron chi connectivity index (χ3n) is 4.26. The van der Waals surface area contributed by atoms with E-state index in [1.165, 1.54) is 0 Å². The van der Waals surface area contributed by atoms with Crippen LogP contribution in [0.3, 0.4) is 0 Å². The number of likely N-dealkylation sites (tertiary alicyclic amines) is 1. The van der Waals surface area contributed by atoms with E-state index >= 15 is 0 Å². The normalized spacial score (nSPS) is 22.6. The Bertz CT molecular complexity index is 659. The summed E-state index contributed by atoms with van der Waals surface area (Å²) < 4.78 is 0. The standard InChI is InChI=1S/C17H17Cl2NO/c1-20-9-8-12(14-10-11(18)6-7-16(14)21)17(20)13-4-2-3-5-15(13)19/h2-7,10,12,17,21H,8-9H2,1H3. The van der Waals surface area contributed by atoms with Crippen LogP contribution in [-0.4, -0.2) is 23.6 Å². The van der Waals surface area contributed by atoms with Gasteiger partial charge in [0.2, 0.25) is 0 Å². The number of phenols is 1. The van der Waals surface area contributed by atoms with Gasteiger partial charge in [0.05, 0.1) is 0 Å². The van der Waals surface area contributed by atoms with E-state index in [9.17, 15) is 5.11 Å². The lowest BCUT2D eigenvalue weighted by Crippen LogP contribution is -2.20. The molecule has 1 heterocycles. The van der Waals surface area contributed by atoms with Crippen molar-refractivity contribution in [3.8, 4) is 5.75 Å². The minimum Gasteiger partial charge on any atom is -0.508 e. The molecule has 1 aliphatic heterocycles. The van der Waals surface area contributed by atoms with E-state index in [0.29, 0.717) is 10.8 Å². The van der Waals surface area contributed by atoms with Crippen LogP contribution in [-0.2, 0) is 0 Å². The molecule has 110 valence electrons. The Morgan fingerprint density at radius 1 is 1.10 bits per heavy atom. The number of rotatable bonds is 2. The lowest BCUT2D eigenvalue weighted by molar-refractivity contribution is 0.301. The van der Waals surface area contributed by atoms with Crippen molar-refractivity contribution in [2.75, 3.05) is 13.6 Å². The zero-order valence-corrected chi connectivity index (χ0v) is 13.3. The molecule has 2 atom stereocenters. The Hall–Kier alpha value is -1.22. The van der Waals surface area contributed by atoms with Crippen LogP contribution in [0.25, 0.3) is 0 Å². The molecular formula is C17H17Cl2NO. The van der Waals surface area contributed by atoms with E-state index in [-0.39, 0.29) is 12.0 Å². The second kappa shape index (κ2) is 5.88. The quantitative estimate of drug-likeness (QED) is 0.853. The summed E-state index contributed by atoms with van der Waals surface area (Å²) in [7, 11) is 2.09. The van der Waals surface area contributed by atoms with Crippen LogP contribution < -0.4 is 0 Å². The van der Waals surface area contributed by atoms with Gasteiger partial charge in [-0.2, -0.15) is 0 Å². The van der Waals surface area contributed by atoms with Crippen molar-refractivity contribution in [1.82, 2.24) is 4.90 Å². The number of phenolic OH excluding ortho intramolecular Hbond substituents is 1. The molecule has 2 unspecified atom stereocenters. The molecule has 21 heavy (non-hydrogen) atoms. The number of aromatic hydroxyl groups is 1. The second-order valence-corrected chi connectivity index (χ2v) is 6.39. The summed E-state index contributed by atoms with van der Waals surface area (Å²) in [5.74, 6) is 0.491. The fourth-order valence-corrected chi connectivity index (χ4v) is 3.69. The first kappa shape index (κ1) is 14.7. The minimum absolute atomic E-state index is 0.156. The van der Waals surface area contributed by atoms with Crippen molar-refractivity contribution >= 4 is 23.2 Å². The van der Waals surface area contributed by atoms with Gasteiger partial charge < -0.3 is 5.11 Å². The van der Waals surface area contributed by atoms with Crippen molar-refractivity contribution in [3.05, 3.63) is 63.6 Å². The van der Waals surface area contributed by atoms with Crippen molar-refractivity contribution < 1.29 is 5.11 Å². The highest BCUT2D eigenvalue weighted by Crippen LogP contribution is 2.47. The Labute approximate surface area is 134 Å². The molecule has 0 saturated carbocycles. The average molecular weight is 322 g/mol. The van der Waals surface area contributed by atoms with Crippen LogP contribution in [0, 0.1) is 0 Å². The van der Waals surface area contributed by atoms with Gasteiger partial charge in [-0.15, -0.1) is 0 Å². The zero-order chi connectivity index (χ0) is 15.0. The third-order valence-corrected chi connectivity index (χ3v) is 4.84. The van der Waals surface area contributed by atoms with Crippen LogP contribution >= 0.6 is 23.2 Å². The number of hydrogen-bond donors (Lipinski definition) is 1. The number of likely N-dealkylation sites (N-methyl/N-ethyl adjacent to an activating group) is 1. The van der Waals surface area contributed by atoms with Crippen molar-refractivity contribution in [1.29, 1.82) is 0 Å². The number of hydrogen-bond acceptors (Lipinski definition) is 2. The summed E-state index contributed by atoms with van der Waals surface area (Å²) in [6, 6.07) is 13.3. The highest BCUT2D eigenvalue weighted by molar-refractivity contribution is 6.31. The van der Waals surface area contributed by atoms with Crippen molar-refractivity contribution in [3.63, 3.8) is 0 Å². The van der Waals surface area contributed by atoms with E-state index in [0.717, 1.165) is 29.1 Å². The van der Waals surface area contributed by atoms with Gasteiger partial charge in [0.25, 0.3) is 0 Å². The Morgan fingerprint density at radius 2 is 1.86 bits per heavy atom. The molecule has 3 rings (SSSR count). The Balaban J connectivity index is 2.06. The summed E-state index contributed by atoms with van der Waals surface area (Å²) in [4.78, 5) is 2.28. The molecular weight excluding hydrogens is 305 g/mol. The molecule has 1 N–H and O–H groups in total. The first-order chi connectivity index (χ1) is 10.1. The fourth-order valence-electron chi connectivity index (χ4n) is 3.26. The topological polar surface area (TPSA) is 23.5 Å². The summed E-state index contributed by atoms with van der Waals surface area (Å²) in [5.41, 5.74) is 2.00.